The number of halogens is 2. The molecule has 11 heteroatoms. The second-order valence-corrected chi connectivity index (χ2v) is 12.5. The molecule has 0 aliphatic rings. The van der Waals surface area contributed by atoms with Crippen molar-refractivity contribution in [2.45, 2.75) is 33.2 Å². The van der Waals surface area contributed by atoms with Gasteiger partial charge in [-0.15, -0.1) is 11.3 Å². The molecule has 0 spiro atoms. The summed E-state index contributed by atoms with van der Waals surface area (Å²) >= 11 is 14.0. The Kier molecular flexibility index (Phi) is 10.2. The van der Waals surface area contributed by atoms with Gasteiger partial charge in [-0.05, 0) is 30.0 Å². The number of benzene rings is 2. The molecule has 2 aromatic carbocycles. The third kappa shape index (κ3) is 8.18. The van der Waals surface area contributed by atoms with Crippen molar-refractivity contribution in [1.82, 2.24) is 9.71 Å². The standard InChI is InChI=1S/C25H30Cl2N4O3S2/c1-17(2)14-22-24(19-8-9-20(26)21(27)15-19)29-25(35-22)31(16-18-6-4-3-5-7-18)12-10-23(32)30-36(33,34)13-11-28/h3-9,15,17H,10-14,16,28H2,1-2H3,(H,30,32). The molecule has 3 aromatic rings. The highest BCUT2D eigenvalue weighted by Crippen LogP contribution is 2.37. The summed E-state index contributed by atoms with van der Waals surface area (Å²) in [6, 6.07) is 15.3. The lowest BCUT2D eigenvalue weighted by molar-refractivity contribution is -0.119. The number of nitrogens with one attached hydrogen (secondary N) is 1. The van der Waals surface area contributed by atoms with Gasteiger partial charge in [-0.3, -0.25) is 9.52 Å². The first-order chi connectivity index (χ1) is 17.1. The number of hydrogen-bond donors (Lipinski definition) is 2. The predicted molar refractivity (Wildman–Crippen MR) is 149 cm³/mol. The van der Waals surface area contributed by atoms with Gasteiger partial charge in [0.25, 0.3) is 0 Å². The van der Waals surface area contributed by atoms with E-state index >= 15 is 0 Å². The summed E-state index contributed by atoms with van der Waals surface area (Å²) in [5.74, 6) is -0.476. The van der Waals surface area contributed by atoms with Crippen molar-refractivity contribution in [2.24, 2.45) is 11.7 Å². The summed E-state index contributed by atoms with van der Waals surface area (Å²) < 4.78 is 26.0. The lowest BCUT2D eigenvalue weighted by atomic mass is 10.0. The fraction of sp³-hybridized carbons (Fsp3) is 0.360. The molecule has 194 valence electrons. The maximum Gasteiger partial charge on any atom is 0.236 e. The number of nitrogens with zero attached hydrogens (tertiary/aromatic N) is 2. The van der Waals surface area contributed by atoms with Crippen LogP contribution >= 0.6 is 34.5 Å². The van der Waals surface area contributed by atoms with Crippen LogP contribution in [-0.2, 0) is 27.8 Å². The van der Waals surface area contributed by atoms with Crippen LogP contribution in [-0.4, -0.2) is 38.2 Å². The van der Waals surface area contributed by atoms with E-state index in [0.717, 1.165) is 33.3 Å². The van der Waals surface area contributed by atoms with Gasteiger partial charge in [0.15, 0.2) is 5.13 Å². The number of carbonyl (C=O) groups excluding carboxylic acids is 1. The van der Waals surface area contributed by atoms with Gasteiger partial charge in [0.05, 0.1) is 21.5 Å². The van der Waals surface area contributed by atoms with E-state index in [1.807, 2.05) is 47.4 Å². The molecule has 3 rings (SSSR count). The number of sulfonamides is 1. The molecule has 0 bridgehead atoms. The first-order valence-electron chi connectivity index (χ1n) is 11.6. The third-order valence-corrected chi connectivity index (χ3v) is 8.41. The third-order valence-electron chi connectivity index (χ3n) is 5.22. The summed E-state index contributed by atoms with van der Waals surface area (Å²) in [5.41, 5.74) is 8.07. The summed E-state index contributed by atoms with van der Waals surface area (Å²) in [4.78, 5) is 20.5. The Balaban J connectivity index is 1.93. The van der Waals surface area contributed by atoms with Gasteiger partial charge < -0.3 is 10.6 Å². The van der Waals surface area contributed by atoms with Gasteiger partial charge >= 0.3 is 0 Å². The van der Waals surface area contributed by atoms with Gasteiger partial charge in [0.1, 0.15) is 0 Å². The van der Waals surface area contributed by atoms with E-state index in [9.17, 15) is 13.2 Å². The van der Waals surface area contributed by atoms with Crippen LogP contribution < -0.4 is 15.4 Å². The average molecular weight is 570 g/mol. The quantitative estimate of drug-likeness (QED) is 0.314. The zero-order valence-corrected chi connectivity index (χ0v) is 23.4. The second-order valence-electron chi connectivity index (χ2n) is 8.79. The molecule has 0 fully saturated rings. The molecule has 0 atom stereocenters. The minimum absolute atomic E-state index is 0.0160. The topological polar surface area (TPSA) is 105 Å². The number of aromatic nitrogens is 1. The Morgan fingerprint density at radius 2 is 1.86 bits per heavy atom. The van der Waals surface area contributed by atoms with E-state index in [2.05, 4.69) is 18.6 Å². The maximum atomic E-state index is 12.4. The van der Waals surface area contributed by atoms with Gasteiger partial charge in [-0.1, -0.05) is 73.4 Å². The molecule has 0 saturated carbocycles. The molecule has 0 radical (unpaired) electrons. The second kappa shape index (κ2) is 12.9. The van der Waals surface area contributed by atoms with Crippen LogP contribution in [0.15, 0.2) is 48.5 Å². The first kappa shape index (κ1) is 28.4. The highest BCUT2D eigenvalue weighted by Gasteiger charge is 2.21. The van der Waals surface area contributed by atoms with Crippen LogP contribution in [0.25, 0.3) is 11.3 Å². The number of anilines is 1. The Hall–Kier alpha value is -2.17. The van der Waals surface area contributed by atoms with E-state index in [1.165, 1.54) is 0 Å². The Morgan fingerprint density at radius 1 is 1.14 bits per heavy atom. The van der Waals surface area contributed by atoms with Crippen molar-refractivity contribution in [2.75, 3.05) is 23.7 Å². The molecule has 1 amide bonds. The molecular formula is C25H30Cl2N4O3S2. The zero-order valence-electron chi connectivity index (χ0n) is 20.2. The largest absolute Gasteiger partial charge is 0.343 e. The van der Waals surface area contributed by atoms with Crippen LogP contribution in [0.4, 0.5) is 5.13 Å². The van der Waals surface area contributed by atoms with Crippen LogP contribution in [0.1, 0.15) is 30.7 Å². The van der Waals surface area contributed by atoms with E-state index in [-0.39, 0.29) is 25.3 Å². The summed E-state index contributed by atoms with van der Waals surface area (Å²) in [6.07, 6.45) is 0.808. The van der Waals surface area contributed by atoms with Crippen molar-refractivity contribution in [3.05, 3.63) is 69.0 Å². The number of nitrogens with two attached hydrogens (primary N) is 1. The van der Waals surface area contributed by atoms with Crippen LogP contribution in [0.2, 0.25) is 10.0 Å². The number of amides is 1. The van der Waals surface area contributed by atoms with Crippen LogP contribution in [0, 0.1) is 5.92 Å². The highest BCUT2D eigenvalue weighted by atomic mass is 35.5. The minimum atomic E-state index is -3.74. The monoisotopic (exact) mass is 568 g/mol. The lowest BCUT2D eigenvalue weighted by Crippen LogP contribution is -2.37. The van der Waals surface area contributed by atoms with Crippen molar-refractivity contribution in [1.29, 1.82) is 0 Å². The summed E-state index contributed by atoms with van der Waals surface area (Å²) in [6.45, 7) is 5.03. The molecular weight excluding hydrogens is 539 g/mol. The Bertz CT molecular complexity index is 1280. The first-order valence-corrected chi connectivity index (χ1v) is 14.8. The maximum absolute atomic E-state index is 12.4. The number of hydrogen-bond acceptors (Lipinski definition) is 7. The fourth-order valence-corrected chi connectivity index (χ4v) is 6.04. The molecule has 7 nitrogen and oxygen atoms in total. The number of rotatable bonds is 12. The van der Waals surface area contributed by atoms with E-state index < -0.39 is 15.9 Å². The summed E-state index contributed by atoms with van der Waals surface area (Å²) in [5, 5.41) is 1.67. The molecule has 1 heterocycles. The van der Waals surface area contributed by atoms with Gasteiger partial charge in [-0.25, -0.2) is 13.4 Å². The van der Waals surface area contributed by atoms with Gasteiger partial charge in [0, 0.05) is 36.5 Å². The summed E-state index contributed by atoms with van der Waals surface area (Å²) in [7, 11) is -3.74. The van der Waals surface area contributed by atoms with Gasteiger partial charge in [-0.2, -0.15) is 0 Å². The molecule has 0 unspecified atom stereocenters. The molecule has 0 saturated heterocycles. The normalized spacial score (nSPS) is 11.6. The van der Waals surface area contributed by atoms with Crippen LogP contribution in [0.3, 0.4) is 0 Å². The fourth-order valence-electron chi connectivity index (χ4n) is 3.57. The van der Waals surface area contributed by atoms with Crippen molar-refractivity contribution < 1.29 is 13.2 Å². The van der Waals surface area contributed by atoms with Crippen molar-refractivity contribution in [3.8, 4) is 11.3 Å². The van der Waals surface area contributed by atoms with E-state index in [1.54, 1.807) is 17.4 Å². The molecule has 3 N–H and O–H groups in total. The molecule has 0 aliphatic heterocycles. The minimum Gasteiger partial charge on any atom is -0.343 e. The lowest BCUT2D eigenvalue weighted by Gasteiger charge is -2.22. The molecule has 1 aromatic heterocycles. The molecule has 36 heavy (non-hydrogen) atoms. The van der Waals surface area contributed by atoms with Gasteiger partial charge in [0.2, 0.25) is 15.9 Å². The number of thiazole rings is 1. The van der Waals surface area contributed by atoms with E-state index in [0.29, 0.717) is 22.5 Å². The predicted octanol–water partition coefficient (Wildman–Crippen LogP) is 5.12. The van der Waals surface area contributed by atoms with Crippen molar-refractivity contribution in [3.63, 3.8) is 0 Å². The average Bonchev–Trinajstić information content (AvgIpc) is 3.21. The van der Waals surface area contributed by atoms with Crippen molar-refractivity contribution >= 4 is 55.6 Å². The Labute approximate surface area is 226 Å². The Morgan fingerprint density at radius 3 is 2.50 bits per heavy atom. The van der Waals surface area contributed by atoms with Crippen LogP contribution in [0.5, 0.6) is 0 Å². The van der Waals surface area contributed by atoms with E-state index in [4.69, 9.17) is 33.9 Å². The number of carbonyl (C=O) groups is 1. The zero-order chi connectivity index (χ0) is 26.3. The molecule has 0 aliphatic carbocycles. The SMILES string of the molecule is CC(C)Cc1sc(N(CCC(=O)NS(=O)(=O)CCN)Cc2ccccc2)nc1-c1ccc(Cl)c(Cl)c1. The smallest absolute Gasteiger partial charge is 0.236 e. The highest BCUT2D eigenvalue weighted by molar-refractivity contribution is 7.90.